The normalized spacial score (nSPS) is 15.4. The molecule has 1 amide bonds. The highest BCUT2D eigenvalue weighted by Gasteiger charge is 2.25. The van der Waals surface area contributed by atoms with Crippen LogP contribution in [0.15, 0.2) is 72.8 Å². The van der Waals surface area contributed by atoms with Crippen molar-refractivity contribution in [3.8, 4) is 5.75 Å². The predicted octanol–water partition coefficient (Wildman–Crippen LogP) is 4.74. The van der Waals surface area contributed by atoms with Gasteiger partial charge < -0.3 is 15.3 Å². The molecule has 2 heterocycles. The number of aromatic hydroxyl groups is 1. The van der Waals surface area contributed by atoms with E-state index >= 15 is 0 Å². The first-order valence-corrected chi connectivity index (χ1v) is 12.4. The van der Waals surface area contributed by atoms with Crippen LogP contribution >= 0.6 is 11.3 Å². The van der Waals surface area contributed by atoms with E-state index in [0.717, 1.165) is 54.5 Å². The zero-order valence-corrected chi connectivity index (χ0v) is 20.0. The number of phenolic OH excluding ortho intramolecular Hbond substituents is 1. The second-order valence-corrected chi connectivity index (χ2v) is 9.77. The van der Waals surface area contributed by atoms with Crippen molar-refractivity contribution in [2.75, 3.05) is 36.4 Å². The maximum Gasteiger partial charge on any atom is 0.241 e. The summed E-state index contributed by atoms with van der Waals surface area (Å²) in [7, 11) is 0. The standard InChI is InChI=1S/C27H28N4O2S/c1-19(30-14-16-31(17-15-30)22-10-12-23(32)13-11-22)27(33)28-21-8-6-20(7-9-21)18-26-29-24-4-2-3-5-25(24)34-26/h2-13,19,32H,14-18H2,1H3,(H,28,33)/t19-/m1/s1. The Morgan fingerprint density at radius 3 is 2.41 bits per heavy atom. The molecule has 1 fully saturated rings. The van der Waals surface area contributed by atoms with Crippen LogP contribution in [0.2, 0.25) is 0 Å². The lowest BCUT2D eigenvalue weighted by atomic mass is 10.1. The van der Waals surface area contributed by atoms with Gasteiger partial charge in [-0.05, 0) is 61.0 Å². The highest BCUT2D eigenvalue weighted by Crippen LogP contribution is 2.24. The zero-order valence-electron chi connectivity index (χ0n) is 19.1. The fraction of sp³-hybridized carbons (Fsp3) is 0.259. The Morgan fingerprint density at radius 2 is 1.71 bits per heavy atom. The number of phenols is 1. The molecule has 1 aliphatic heterocycles. The van der Waals surface area contributed by atoms with E-state index in [9.17, 15) is 9.90 Å². The van der Waals surface area contributed by atoms with Gasteiger partial charge in [-0.25, -0.2) is 4.98 Å². The van der Waals surface area contributed by atoms with E-state index < -0.39 is 0 Å². The van der Waals surface area contributed by atoms with E-state index in [1.54, 1.807) is 23.5 Å². The predicted molar refractivity (Wildman–Crippen MR) is 139 cm³/mol. The highest BCUT2D eigenvalue weighted by atomic mass is 32.1. The number of thiazole rings is 1. The van der Waals surface area contributed by atoms with Gasteiger partial charge in [-0.3, -0.25) is 9.69 Å². The molecule has 4 aromatic rings. The summed E-state index contributed by atoms with van der Waals surface area (Å²) in [6.07, 6.45) is 0.787. The van der Waals surface area contributed by atoms with Crippen LogP contribution in [0.5, 0.6) is 5.75 Å². The monoisotopic (exact) mass is 472 g/mol. The molecule has 3 aromatic carbocycles. The molecule has 2 N–H and O–H groups in total. The van der Waals surface area contributed by atoms with Crippen LogP contribution in [0.3, 0.4) is 0 Å². The Kier molecular flexibility index (Phi) is 6.47. The van der Waals surface area contributed by atoms with Crippen molar-refractivity contribution < 1.29 is 9.90 Å². The fourth-order valence-electron chi connectivity index (χ4n) is 4.32. The first-order chi connectivity index (χ1) is 16.5. The first kappa shape index (κ1) is 22.4. The Labute approximate surface area is 203 Å². The van der Waals surface area contributed by atoms with Gasteiger partial charge in [0, 0.05) is 44.0 Å². The molecule has 174 valence electrons. The third-order valence-electron chi connectivity index (χ3n) is 6.37. The fourth-order valence-corrected chi connectivity index (χ4v) is 5.32. The highest BCUT2D eigenvalue weighted by molar-refractivity contribution is 7.18. The topological polar surface area (TPSA) is 68.7 Å². The number of para-hydroxylation sites is 1. The molecular formula is C27H28N4O2S. The van der Waals surface area contributed by atoms with Gasteiger partial charge in [0.15, 0.2) is 0 Å². The number of carbonyl (C=O) groups excluding carboxylic acids is 1. The van der Waals surface area contributed by atoms with E-state index in [0.29, 0.717) is 0 Å². The zero-order chi connectivity index (χ0) is 23.5. The van der Waals surface area contributed by atoms with Crippen molar-refractivity contribution in [2.24, 2.45) is 0 Å². The van der Waals surface area contributed by atoms with Crippen LogP contribution in [0, 0.1) is 0 Å². The molecule has 0 spiro atoms. The van der Waals surface area contributed by atoms with Crippen LogP contribution in [0.1, 0.15) is 17.5 Å². The van der Waals surface area contributed by atoms with Crippen molar-refractivity contribution in [1.82, 2.24) is 9.88 Å². The Morgan fingerprint density at radius 1 is 1.00 bits per heavy atom. The van der Waals surface area contributed by atoms with Crippen LogP contribution in [0.25, 0.3) is 10.2 Å². The number of hydrogen-bond donors (Lipinski definition) is 2. The number of nitrogens with zero attached hydrogens (tertiary/aromatic N) is 3. The average Bonchev–Trinajstić information content (AvgIpc) is 3.28. The van der Waals surface area contributed by atoms with Gasteiger partial charge in [-0.15, -0.1) is 11.3 Å². The largest absolute Gasteiger partial charge is 0.508 e. The molecule has 34 heavy (non-hydrogen) atoms. The van der Waals surface area contributed by atoms with Gasteiger partial charge in [0.25, 0.3) is 0 Å². The summed E-state index contributed by atoms with van der Waals surface area (Å²) in [5.41, 5.74) is 4.13. The van der Waals surface area contributed by atoms with Crippen LogP contribution in [-0.4, -0.2) is 53.1 Å². The summed E-state index contributed by atoms with van der Waals surface area (Å²) >= 11 is 1.73. The Bertz CT molecular complexity index is 1230. The van der Waals surface area contributed by atoms with Crippen molar-refractivity contribution >= 4 is 38.8 Å². The quantitative estimate of drug-likeness (QED) is 0.424. The molecule has 1 aliphatic rings. The number of amides is 1. The number of anilines is 2. The van der Waals surface area contributed by atoms with Crippen LogP contribution < -0.4 is 10.2 Å². The molecule has 0 unspecified atom stereocenters. The van der Waals surface area contributed by atoms with Gasteiger partial charge >= 0.3 is 0 Å². The minimum atomic E-state index is -0.204. The molecule has 5 rings (SSSR count). The molecule has 0 radical (unpaired) electrons. The van der Waals surface area contributed by atoms with Gasteiger partial charge in [0.2, 0.25) is 5.91 Å². The number of carbonyl (C=O) groups is 1. The molecule has 1 saturated heterocycles. The van der Waals surface area contributed by atoms with E-state index in [4.69, 9.17) is 4.98 Å². The number of benzene rings is 3. The maximum absolute atomic E-state index is 12.9. The van der Waals surface area contributed by atoms with Gasteiger partial charge in [0.05, 0.1) is 21.3 Å². The number of fused-ring (bicyclic) bond motifs is 1. The lowest BCUT2D eigenvalue weighted by Gasteiger charge is -2.38. The average molecular weight is 473 g/mol. The number of piperazine rings is 1. The van der Waals surface area contributed by atoms with E-state index in [1.165, 1.54) is 10.3 Å². The Balaban J connectivity index is 1.14. The molecule has 1 aromatic heterocycles. The first-order valence-electron chi connectivity index (χ1n) is 11.6. The number of hydrogen-bond acceptors (Lipinski definition) is 6. The second-order valence-electron chi connectivity index (χ2n) is 8.65. The SMILES string of the molecule is C[C@H](C(=O)Nc1ccc(Cc2nc3ccccc3s2)cc1)N1CCN(c2ccc(O)cc2)CC1. The van der Waals surface area contributed by atoms with Crippen molar-refractivity contribution in [3.63, 3.8) is 0 Å². The molecule has 0 bridgehead atoms. The third-order valence-corrected chi connectivity index (χ3v) is 7.41. The van der Waals surface area contributed by atoms with E-state index in [-0.39, 0.29) is 17.7 Å². The molecule has 0 saturated carbocycles. The molecule has 6 nitrogen and oxygen atoms in total. The van der Waals surface area contributed by atoms with Crippen molar-refractivity contribution in [2.45, 2.75) is 19.4 Å². The third kappa shape index (κ3) is 5.05. The molecular weight excluding hydrogens is 444 g/mol. The minimum absolute atomic E-state index is 0.0111. The van der Waals surface area contributed by atoms with Crippen molar-refractivity contribution in [1.29, 1.82) is 0 Å². The van der Waals surface area contributed by atoms with E-state index in [1.807, 2.05) is 49.4 Å². The smallest absolute Gasteiger partial charge is 0.241 e. The lowest BCUT2D eigenvalue weighted by molar-refractivity contribution is -0.120. The summed E-state index contributed by atoms with van der Waals surface area (Å²) < 4.78 is 1.21. The second kappa shape index (κ2) is 9.83. The van der Waals surface area contributed by atoms with Gasteiger partial charge in [-0.1, -0.05) is 24.3 Å². The molecule has 0 aliphatic carbocycles. The maximum atomic E-state index is 12.9. The van der Waals surface area contributed by atoms with Gasteiger partial charge in [0.1, 0.15) is 5.75 Å². The summed E-state index contributed by atoms with van der Waals surface area (Å²) in [5, 5.41) is 13.6. The number of nitrogens with one attached hydrogen (secondary N) is 1. The molecule has 1 atom stereocenters. The summed E-state index contributed by atoms with van der Waals surface area (Å²) in [5.74, 6) is 0.287. The van der Waals surface area contributed by atoms with E-state index in [2.05, 4.69) is 33.3 Å². The summed E-state index contributed by atoms with van der Waals surface area (Å²) in [6, 6.07) is 23.3. The molecule has 7 heteroatoms. The van der Waals surface area contributed by atoms with Crippen molar-refractivity contribution in [3.05, 3.63) is 83.4 Å². The number of rotatable bonds is 6. The van der Waals surface area contributed by atoms with Crippen LogP contribution in [-0.2, 0) is 11.2 Å². The number of aromatic nitrogens is 1. The lowest BCUT2D eigenvalue weighted by Crippen LogP contribution is -2.52. The summed E-state index contributed by atoms with van der Waals surface area (Å²) in [4.78, 5) is 22.1. The Hall–Kier alpha value is -3.42. The van der Waals surface area contributed by atoms with Crippen LogP contribution in [0.4, 0.5) is 11.4 Å². The summed E-state index contributed by atoms with van der Waals surface area (Å²) in [6.45, 7) is 5.30. The van der Waals surface area contributed by atoms with Gasteiger partial charge in [-0.2, -0.15) is 0 Å². The minimum Gasteiger partial charge on any atom is -0.508 e.